The van der Waals surface area contributed by atoms with E-state index in [9.17, 15) is 0 Å². The van der Waals surface area contributed by atoms with Crippen LogP contribution in [0.5, 0.6) is 0 Å². The molecule has 3 heteroatoms. The number of benzene rings is 2. The SMILES string of the molecule is CCCCCCC/C=C/C(C=Nc1cc(CCCCC)cc(CCCCC)c1)=Nc1cc(CCCCC)cc(CCCCC)c1.[Pd]. The zero-order chi connectivity index (χ0) is 32.4. The molecule has 0 saturated heterocycles. The van der Waals surface area contributed by atoms with Gasteiger partial charge in [0.2, 0.25) is 0 Å². The Bertz CT molecular complexity index is 1070. The van der Waals surface area contributed by atoms with Crippen LogP contribution in [0.2, 0.25) is 0 Å². The van der Waals surface area contributed by atoms with Crippen molar-refractivity contribution in [2.45, 2.75) is 176 Å². The van der Waals surface area contributed by atoms with Crippen molar-refractivity contribution < 1.29 is 20.4 Å². The average Bonchev–Trinajstić information content (AvgIpc) is 3.03. The molecule has 260 valence electrons. The van der Waals surface area contributed by atoms with Crippen molar-refractivity contribution >= 4 is 23.3 Å². The van der Waals surface area contributed by atoms with Gasteiger partial charge in [0.15, 0.2) is 0 Å². The molecule has 2 nitrogen and oxygen atoms in total. The summed E-state index contributed by atoms with van der Waals surface area (Å²) >= 11 is 0. The Labute approximate surface area is 299 Å². The van der Waals surface area contributed by atoms with Gasteiger partial charge in [-0.1, -0.05) is 130 Å². The molecule has 0 saturated carbocycles. The van der Waals surface area contributed by atoms with E-state index in [0.29, 0.717) is 0 Å². The summed E-state index contributed by atoms with van der Waals surface area (Å²) in [6.07, 6.45) is 33.9. The molecule has 0 aromatic heterocycles. The van der Waals surface area contributed by atoms with E-state index in [-0.39, 0.29) is 20.4 Å². The minimum absolute atomic E-state index is 0. The van der Waals surface area contributed by atoms with Crippen molar-refractivity contribution in [1.29, 1.82) is 0 Å². The number of aliphatic imine (C=N–C) groups is 2. The summed E-state index contributed by atoms with van der Waals surface area (Å²) in [7, 11) is 0. The standard InChI is InChI=1S/C43H68N2.Pd/c1-6-11-16-17-18-19-24-29-41(45-43-34-39(27-22-14-9-4)31-40(35-43)28-23-15-10-5)36-44-42-32-37(25-20-12-7-2)30-38(33-42)26-21-13-8-3;/h24,29-36H,6-23,25-28H2,1-5H3;/b29-24+,44-36?,45-41?;. The predicted molar refractivity (Wildman–Crippen MR) is 204 cm³/mol. The van der Waals surface area contributed by atoms with Gasteiger partial charge >= 0.3 is 0 Å². The number of hydrogen-bond donors (Lipinski definition) is 0. The number of allylic oxidation sites excluding steroid dienone is 2. The topological polar surface area (TPSA) is 24.7 Å². The summed E-state index contributed by atoms with van der Waals surface area (Å²) < 4.78 is 0. The summed E-state index contributed by atoms with van der Waals surface area (Å²) in [5.74, 6) is 0. The Morgan fingerprint density at radius 1 is 0.478 bits per heavy atom. The molecular weight excluding hydrogens is 651 g/mol. The van der Waals surface area contributed by atoms with E-state index in [1.165, 1.54) is 131 Å². The number of nitrogens with zero attached hydrogens (tertiary/aromatic N) is 2. The van der Waals surface area contributed by atoms with Gasteiger partial charge in [-0.15, -0.1) is 0 Å². The molecule has 0 bridgehead atoms. The molecule has 0 fully saturated rings. The van der Waals surface area contributed by atoms with Crippen LogP contribution < -0.4 is 0 Å². The maximum Gasteiger partial charge on any atom is 0.0816 e. The molecule has 0 radical (unpaired) electrons. The van der Waals surface area contributed by atoms with Crippen LogP contribution in [0.25, 0.3) is 0 Å². The first-order chi connectivity index (χ1) is 22.1. The maximum atomic E-state index is 5.25. The van der Waals surface area contributed by atoms with Crippen LogP contribution >= 0.6 is 0 Å². The van der Waals surface area contributed by atoms with Gasteiger partial charge in [0.1, 0.15) is 0 Å². The third-order valence-electron chi connectivity index (χ3n) is 8.72. The van der Waals surface area contributed by atoms with Gasteiger partial charge in [-0.3, -0.25) is 4.99 Å². The third-order valence-corrected chi connectivity index (χ3v) is 8.72. The minimum Gasteiger partial charge on any atom is -0.255 e. The first-order valence-electron chi connectivity index (χ1n) is 19.2. The Morgan fingerprint density at radius 2 is 0.870 bits per heavy atom. The number of hydrogen-bond acceptors (Lipinski definition) is 2. The fourth-order valence-electron chi connectivity index (χ4n) is 5.99. The van der Waals surface area contributed by atoms with Crippen LogP contribution in [0.3, 0.4) is 0 Å². The predicted octanol–water partition coefficient (Wildman–Crippen LogP) is 14.0. The molecule has 2 rings (SSSR count). The quantitative estimate of drug-likeness (QED) is 0.0525. The van der Waals surface area contributed by atoms with Gasteiger partial charge in [-0.25, -0.2) is 4.99 Å². The normalized spacial score (nSPS) is 12.0. The number of unbranched alkanes of at least 4 members (excludes halogenated alkanes) is 13. The summed E-state index contributed by atoms with van der Waals surface area (Å²) in [6.45, 7) is 11.4. The van der Waals surface area contributed by atoms with E-state index in [2.05, 4.69) is 83.2 Å². The van der Waals surface area contributed by atoms with Crippen LogP contribution in [0.15, 0.2) is 58.5 Å². The van der Waals surface area contributed by atoms with Crippen LogP contribution in [0.4, 0.5) is 11.4 Å². The largest absolute Gasteiger partial charge is 0.255 e. The molecule has 2 aromatic carbocycles. The summed E-state index contributed by atoms with van der Waals surface area (Å²) in [6, 6.07) is 14.1. The van der Waals surface area contributed by atoms with Gasteiger partial charge in [0.05, 0.1) is 23.3 Å². The first-order valence-corrected chi connectivity index (χ1v) is 19.2. The van der Waals surface area contributed by atoms with Crippen molar-refractivity contribution in [2.75, 3.05) is 0 Å². The van der Waals surface area contributed by atoms with Crippen LogP contribution in [-0.4, -0.2) is 11.9 Å². The number of aryl methyl sites for hydroxylation is 4. The molecule has 0 amide bonds. The van der Waals surface area contributed by atoms with Crippen molar-refractivity contribution in [3.05, 3.63) is 70.8 Å². The molecule has 0 aliphatic rings. The average molecular weight is 719 g/mol. The molecule has 46 heavy (non-hydrogen) atoms. The Hall–Kier alpha value is -1.82. The van der Waals surface area contributed by atoms with E-state index in [1.54, 1.807) is 0 Å². The van der Waals surface area contributed by atoms with Crippen LogP contribution in [-0.2, 0) is 46.1 Å². The second-order valence-electron chi connectivity index (χ2n) is 13.2. The second kappa shape index (κ2) is 28.2. The number of rotatable bonds is 26. The molecule has 0 atom stereocenters. The maximum absolute atomic E-state index is 5.25. The molecule has 0 N–H and O–H groups in total. The van der Waals surface area contributed by atoms with Crippen LogP contribution in [0.1, 0.15) is 172 Å². The van der Waals surface area contributed by atoms with Crippen molar-refractivity contribution in [1.82, 2.24) is 0 Å². The summed E-state index contributed by atoms with van der Waals surface area (Å²) in [5.41, 5.74) is 8.85. The summed E-state index contributed by atoms with van der Waals surface area (Å²) in [5, 5.41) is 0. The molecular formula is C43H68N2Pd. The molecule has 0 heterocycles. The zero-order valence-corrected chi connectivity index (χ0v) is 32.0. The molecule has 2 aromatic rings. The third kappa shape index (κ3) is 19.8. The fraction of sp³-hybridized carbons (Fsp3) is 0.628. The van der Waals surface area contributed by atoms with Crippen LogP contribution in [0, 0.1) is 0 Å². The van der Waals surface area contributed by atoms with Crippen molar-refractivity contribution in [3.63, 3.8) is 0 Å². The Kier molecular flexibility index (Phi) is 25.9. The van der Waals surface area contributed by atoms with E-state index in [0.717, 1.165) is 49.2 Å². The smallest absolute Gasteiger partial charge is 0.0816 e. The van der Waals surface area contributed by atoms with E-state index >= 15 is 0 Å². The monoisotopic (exact) mass is 718 g/mol. The van der Waals surface area contributed by atoms with Gasteiger partial charge in [0.25, 0.3) is 0 Å². The van der Waals surface area contributed by atoms with Crippen molar-refractivity contribution in [2.24, 2.45) is 9.98 Å². The molecule has 0 aliphatic heterocycles. The van der Waals surface area contributed by atoms with Crippen molar-refractivity contribution in [3.8, 4) is 0 Å². The Balaban J connectivity index is 0.0000106. The molecule has 0 spiro atoms. The van der Waals surface area contributed by atoms with E-state index in [4.69, 9.17) is 9.98 Å². The first kappa shape index (κ1) is 42.2. The Morgan fingerprint density at radius 3 is 1.30 bits per heavy atom. The van der Waals surface area contributed by atoms with Gasteiger partial charge in [-0.2, -0.15) is 0 Å². The van der Waals surface area contributed by atoms with E-state index in [1.807, 2.05) is 6.21 Å². The molecule has 0 unspecified atom stereocenters. The minimum atomic E-state index is 0. The molecule has 0 aliphatic carbocycles. The zero-order valence-electron chi connectivity index (χ0n) is 30.5. The fourth-order valence-corrected chi connectivity index (χ4v) is 5.99. The van der Waals surface area contributed by atoms with Gasteiger partial charge < -0.3 is 0 Å². The second-order valence-corrected chi connectivity index (χ2v) is 13.2. The van der Waals surface area contributed by atoms with Gasteiger partial charge in [0, 0.05) is 20.4 Å². The van der Waals surface area contributed by atoms with E-state index < -0.39 is 0 Å². The summed E-state index contributed by atoms with van der Waals surface area (Å²) in [4.78, 5) is 10.3. The van der Waals surface area contributed by atoms with Gasteiger partial charge in [-0.05, 0) is 117 Å².